The van der Waals surface area contributed by atoms with Gasteiger partial charge in [-0.2, -0.15) is 0 Å². The van der Waals surface area contributed by atoms with Crippen molar-refractivity contribution in [1.29, 1.82) is 0 Å². The van der Waals surface area contributed by atoms with Crippen LogP contribution in [0.25, 0.3) is 0 Å². The number of nitrogens with one attached hydrogen (secondary N) is 2. The molecule has 0 spiro atoms. The van der Waals surface area contributed by atoms with Crippen LogP contribution >= 0.6 is 0 Å². The van der Waals surface area contributed by atoms with Gasteiger partial charge in [0.05, 0.1) is 13.2 Å². The molecule has 0 aromatic heterocycles. The average Bonchev–Trinajstić information content (AvgIpc) is 2.51. The van der Waals surface area contributed by atoms with E-state index in [4.69, 9.17) is 4.74 Å². The first-order valence-electron chi connectivity index (χ1n) is 7.19. The number of carbonyl (C=O) groups is 2. The van der Waals surface area contributed by atoms with Crippen LogP contribution in [0.4, 0.5) is 4.79 Å². The van der Waals surface area contributed by atoms with E-state index < -0.39 is 12.0 Å². The number of amides is 2. The lowest BCUT2D eigenvalue weighted by molar-refractivity contribution is -0.144. The van der Waals surface area contributed by atoms with Crippen molar-refractivity contribution in [1.82, 2.24) is 10.6 Å². The largest absolute Gasteiger partial charge is 0.467 e. The summed E-state index contributed by atoms with van der Waals surface area (Å²) >= 11 is 0. The van der Waals surface area contributed by atoms with Gasteiger partial charge in [-0.25, -0.2) is 9.59 Å². The normalized spacial score (nSPS) is 14.7. The van der Waals surface area contributed by atoms with Gasteiger partial charge in [-0.1, -0.05) is 50.6 Å². The summed E-state index contributed by atoms with van der Waals surface area (Å²) in [7, 11) is 1.32. The summed E-state index contributed by atoms with van der Waals surface area (Å²) < 4.78 is 4.74. The summed E-state index contributed by atoms with van der Waals surface area (Å²) in [4.78, 5) is 23.8. The fourth-order valence-electron chi connectivity index (χ4n) is 2.00. The minimum absolute atomic E-state index is 0.00947. The minimum atomic E-state index is -0.636. The molecule has 2 N–H and O–H groups in total. The number of methoxy groups -OCH3 is 1. The molecule has 0 bridgehead atoms. The predicted octanol–water partition coefficient (Wildman–Crippen LogP) is 2.63. The Balaban J connectivity index is 2.64. The molecule has 5 nitrogen and oxygen atoms in total. The van der Waals surface area contributed by atoms with E-state index in [-0.39, 0.29) is 18.0 Å². The van der Waals surface area contributed by atoms with Gasteiger partial charge in [-0.15, -0.1) is 0 Å². The molecule has 0 aliphatic heterocycles. The number of hydrogen-bond donors (Lipinski definition) is 2. The Morgan fingerprint density at radius 2 is 1.76 bits per heavy atom. The SMILES string of the molecule is CCC(C)[C@H](NC(=O)NC(C)c1ccccc1)C(=O)OC. The number of hydrogen-bond acceptors (Lipinski definition) is 3. The van der Waals surface area contributed by atoms with Crippen LogP contribution in [0.3, 0.4) is 0 Å². The van der Waals surface area contributed by atoms with Crippen molar-refractivity contribution in [2.24, 2.45) is 5.92 Å². The quantitative estimate of drug-likeness (QED) is 0.792. The van der Waals surface area contributed by atoms with Gasteiger partial charge in [0.15, 0.2) is 0 Å². The van der Waals surface area contributed by atoms with Gasteiger partial charge in [-0.3, -0.25) is 0 Å². The Bertz CT molecular complexity index is 462. The molecular formula is C16H24N2O3. The summed E-state index contributed by atoms with van der Waals surface area (Å²) in [5, 5.41) is 5.52. The van der Waals surface area contributed by atoms with E-state index in [2.05, 4.69) is 10.6 Å². The number of rotatable bonds is 6. The summed E-state index contributed by atoms with van der Waals surface area (Å²) in [6, 6.07) is 8.50. The highest BCUT2D eigenvalue weighted by atomic mass is 16.5. The fraction of sp³-hybridized carbons (Fsp3) is 0.500. The van der Waals surface area contributed by atoms with Gasteiger partial charge in [0.2, 0.25) is 0 Å². The fourth-order valence-corrected chi connectivity index (χ4v) is 2.00. The molecule has 0 heterocycles. The Morgan fingerprint density at radius 3 is 2.29 bits per heavy atom. The van der Waals surface area contributed by atoms with Crippen molar-refractivity contribution in [2.45, 2.75) is 39.3 Å². The highest BCUT2D eigenvalue weighted by Gasteiger charge is 2.27. The molecule has 0 saturated heterocycles. The van der Waals surface area contributed by atoms with Gasteiger partial charge in [0.25, 0.3) is 0 Å². The maximum absolute atomic E-state index is 12.0. The zero-order valence-electron chi connectivity index (χ0n) is 13.1. The second kappa shape index (κ2) is 8.29. The van der Waals surface area contributed by atoms with Gasteiger partial charge >= 0.3 is 12.0 Å². The first-order valence-corrected chi connectivity index (χ1v) is 7.19. The van der Waals surface area contributed by atoms with Crippen LogP contribution < -0.4 is 10.6 Å². The molecule has 2 amide bonds. The monoisotopic (exact) mass is 292 g/mol. The molecule has 0 aliphatic rings. The second-order valence-corrected chi connectivity index (χ2v) is 5.14. The Morgan fingerprint density at radius 1 is 1.14 bits per heavy atom. The molecule has 21 heavy (non-hydrogen) atoms. The first-order chi connectivity index (χ1) is 9.99. The molecule has 0 radical (unpaired) electrons. The lowest BCUT2D eigenvalue weighted by Crippen LogP contribution is -2.50. The van der Waals surface area contributed by atoms with Gasteiger partial charge in [0, 0.05) is 0 Å². The lowest BCUT2D eigenvalue weighted by Gasteiger charge is -2.23. The predicted molar refractivity (Wildman–Crippen MR) is 81.8 cm³/mol. The third kappa shape index (κ3) is 5.10. The standard InChI is InChI=1S/C16H24N2O3/c1-5-11(2)14(15(19)21-4)18-16(20)17-12(3)13-9-7-6-8-10-13/h6-12,14H,5H2,1-4H3,(H2,17,18,20)/t11?,12?,14-/m0/s1. The highest BCUT2D eigenvalue weighted by molar-refractivity contribution is 5.83. The van der Waals surface area contributed by atoms with Crippen molar-refractivity contribution in [3.8, 4) is 0 Å². The van der Waals surface area contributed by atoms with E-state index in [1.54, 1.807) is 0 Å². The third-order valence-electron chi connectivity index (χ3n) is 3.60. The maximum atomic E-state index is 12.0. The van der Waals surface area contributed by atoms with Crippen LogP contribution in [0.15, 0.2) is 30.3 Å². The number of benzene rings is 1. The van der Waals surface area contributed by atoms with Crippen LogP contribution in [-0.4, -0.2) is 25.2 Å². The molecule has 1 rings (SSSR count). The molecule has 0 aliphatic carbocycles. The Hall–Kier alpha value is -2.04. The van der Waals surface area contributed by atoms with Crippen LogP contribution in [0.1, 0.15) is 38.8 Å². The molecule has 0 fully saturated rings. The van der Waals surface area contributed by atoms with E-state index in [1.165, 1.54) is 7.11 Å². The molecule has 0 saturated carbocycles. The van der Waals surface area contributed by atoms with Crippen LogP contribution in [0.5, 0.6) is 0 Å². The van der Waals surface area contributed by atoms with E-state index >= 15 is 0 Å². The van der Waals surface area contributed by atoms with Crippen LogP contribution in [0, 0.1) is 5.92 Å². The van der Waals surface area contributed by atoms with E-state index in [1.807, 2.05) is 51.1 Å². The smallest absolute Gasteiger partial charge is 0.328 e. The van der Waals surface area contributed by atoms with Crippen molar-refractivity contribution in [2.75, 3.05) is 7.11 Å². The molecule has 116 valence electrons. The summed E-state index contributed by atoms with van der Waals surface area (Å²) in [6.45, 7) is 5.76. The van der Waals surface area contributed by atoms with Crippen molar-refractivity contribution in [3.63, 3.8) is 0 Å². The summed E-state index contributed by atoms with van der Waals surface area (Å²) in [5.41, 5.74) is 1.01. The zero-order valence-corrected chi connectivity index (χ0v) is 13.1. The molecule has 1 aromatic carbocycles. The van der Waals surface area contributed by atoms with Gasteiger partial charge < -0.3 is 15.4 Å². The van der Waals surface area contributed by atoms with Crippen LogP contribution in [0.2, 0.25) is 0 Å². The van der Waals surface area contributed by atoms with Gasteiger partial charge in [0.1, 0.15) is 6.04 Å². The number of urea groups is 1. The topological polar surface area (TPSA) is 67.4 Å². The summed E-state index contributed by atoms with van der Waals surface area (Å²) in [6.07, 6.45) is 0.772. The molecule has 3 atom stereocenters. The third-order valence-corrected chi connectivity index (χ3v) is 3.60. The molecule has 2 unspecified atom stereocenters. The van der Waals surface area contributed by atoms with E-state index in [9.17, 15) is 9.59 Å². The van der Waals surface area contributed by atoms with E-state index in [0.29, 0.717) is 0 Å². The van der Waals surface area contributed by atoms with Crippen molar-refractivity contribution in [3.05, 3.63) is 35.9 Å². The van der Waals surface area contributed by atoms with Crippen molar-refractivity contribution >= 4 is 12.0 Å². The maximum Gasteiger partial charge on any atom is 0.328 e. The number of carbonyl (C=O) groups excluding carboxylic acids is 2. The zero-order chi connectivity index (χ0) is 15.8. The molecule has 1 aromatic rings. The van der Waals surface area contributed by atoms with Crippen LogP contribution in [-0.2, 0) is 9.53 Å². The molecular weight excluding hydrogens is 268 g/mol. The minimum Gasteiger partial charge on any atom is -0.467 e. The second-order valence-electron chi connectivity index (χ2n) is 5.14. The first kappa shape index (κ1) is 17.0. The molecule has 5 heteroatoms. The lowest BCUT2D eigenvalue weighted by atomic mass is 9.99. The van der Waals surface area contributed by atoms with Crippen molar-refractivity contribution < 1.29 is 14.3 Å². The number of esters is 1. The Kier molecular flexibility index (Phi) is 6.72. The summed E-state index contributed by atoms with van der Waals surface area (Å²) in [5.74, 6) is -0.415. The average molecular weight is 292 g/mol. The number of ether oxygens (including phenoxy) is 1. The van der Waals surface area contributed by atoms with E-state index in [0.717, 1.165) is 12.0 Å². The van der Waals surface area contributed by atoms with Gasteiger partial charge in [-0.05, 0) is 18.4 Å². The Labute approximate surface area is 126 Å². The highest BCUT2D eigenvalue weighted by Crippen LogP contribution is 2.12.